The van der Waals surface area contributed by atoms with E-state index in [2.05, 4.69) is 20.2 Å². The van der Waals surface area contributed by atoms with E-state index in [1.165, 1.54) is 44.1 Å². The zero-order valence-electron chi connectivity index (χ0n) is 10.9. The summed E-state index contributed by atoms with van der Waals surface area (Å²) in [7, 11) is 0. The lowest BCUT2D eigenvalue weighted by molar-refractivity contribution is 0.442. The van der Waals surface area contributed by atoms with Crippen molar-refractivity contribution in [2.24, 2.45) is 0 Å². The van der Waals surface area contributed by atoms with E-state index >= 15 is 0 Å². The number of hydrogen-bond donors (Lipinski definition) is 1. The highest BCUT2D eigenvalue weighted by Crippen LogP contribution is 2.23. The molecule has 1 N–H and O–H groups in total. The minimum Gasteiger partial charge on any atom is -0.355 e. The number of aromatic nitrogens is 2. The highest BCUT2D eigenvalue weighted by atomic mass is 15.2. The summed E-state index contributed by atoms with van der Waals surface area (Å²) in [6, 6.07) is 0.609. The van der Waals surface area contributed by atoms with E-state index in [0.29, 0.717) is 6.04 Å². The van der Waals surface area contributed by atoms with Gasteiger partial charge in [-0.15, -0.1) is 0 Å². The van der Waals surface area contributed by atoms with Gasteiger partial charge in [0.1, 0.15) is 12.1 Å². The van der Waals surface area contributed by atoms with E-state index in [9.17, 15) is 0 Å². The monoisotopic (exact) mass is 246 g/mol. The van der Waals surface area contributed by atoms with Gasteiger partial charge in [0, 0.05) is 37.4 Å². The van der Waals surface area contributed by atoms with Crippen LogP contribution in [0.3, 0.4) is 0 Å². The molecule has 1 unspecified atom stereocenters. The van der Waals surface area contributed by atoms with E-state index in [1.807, 2.05) is 6.20 Å². The average Bonchev–Trinajstić information content (AvgIpc) is 2.58. The normalized spacial score (nSPS) is 25.1. The standard InChI is InChI=1S/C14H22N4/c1-2-4-6-13-10-18(7-5-3-1)14-12(9-16-13)8-15-11-17-14/h8,11,13,16H,1-7,9-10H2. The van der Waals surface area contributed by atoms with Gasteiger partial charge in [0.05, 0.1) is 0 Å². The Kier molecular flexibility index (Phi) is 3.74. The molecular weight excluding hydrogens is 224 g/mol. The van der Waals surface area contributed by atoms with Crippen molar-refractivity contribution in [1.82, 2.24) is 15.3 Å². The summed E-state index contributed by atoms with van der Waals surface area (Å²) in [6.45, 7) is 3.16. The molecule has 1 fully saturated rings. The number of rotatable bonds is 0. The first-order valence-corrected chi connectivity index (χ1v) is 7.21. The van der Waals surface area contributed by atoms with Crippen molar-refractivity contribution in [2.75, 3.05) is 18.0 Å². The first kappa shape index (κ1) is 11.9. The Morgan fingerprint density at radius 3 is 3.06 bits per heavy atom. The Balaban J connectivity index is 1.84. The van der Waals surface area contributed by atoms with Gasteiger partial charge in [-0.2, -0.15) is 0 Å². The van der Waals surface area contributed by atoms with E-state index in [0.717, 1.165) is 25.5 Å². The fourth-order valence-corrected chi connectivity index (χ4v) is 3.05. The fraction of sp³-hybridized carbons (Fsp3) is 0.714. The number of hydrogen-bond acceptors (Lipinski definition) is 4. The maximum absolute atomic E-state index is 4.50. The Hall–Kier alpha value is -1.16. The van der Waals surface area contributed by atoms with Gasteiger partial charge < -0.3 is 10.2 Å². The van der Waals surface area contributed by atoms with Gasteiger partial charge in [-0.1, -0.05) is 25.7 Å². The Bertz CT molecular complexity index is 393. The Morgan fingerprint density at radius 1 is 1.17 bits per heavy atom. The lowest BCUT2D eigenvalue weighted by atomic mass is 10.0. The second-order valence-corrected chi connectivity index (χ2v) is 5.45. The highest BCUT2D eigenvalue weighted by molar-refractivity contribution is 5.46. The molecule has 0 spiro atoms. The molecule has 1 aromatic heterocycles. The van der Waals surface area contributed by atoms with Crippen LogP contribution in [0.2, 0.25) is 0 Å². The molecule has 3 heterocycles. The van der Waals surface area contributed by atoms with Crippen LogP contribution in [0.15, 0.2) is 12.5 Å². The number of fused-ring (bicyclic) bond motifs is 4. The molecule has 0 radical (unpaired) electrons. The maximum Gasteiger partial charge on any atom is 0.136 e. The van der Waals surface area contributed by atoms with Gasteiger partial charge in [0.2, 0.25) is 0 Å². The zero-order valence-corrected chi connectivity index (χ0v) is 10.9. The topological polar surface area (TPSA) is 41.1 Å². The van der Waals surface area contributed by atoms with Crippen LogP contribution in [0.25, 0.3) is 0 Å². The molecule has 2 aliphatic rings. The molecule has 0 aliphatic carbocycles. The predicted octanol–water partition coefficient (Wildman–Crippen LogP) is 2.11. The van der Waals surface area contributed by atoms with Crippen molar-refractivity contribution >= 4 is 5.82 Å². The molecule has 2 bridgehead atoms. The Labute approximate surface area is 109 Å². The third-order valence-electron chi connectivity index (χ3n) is 4.07. The van der Waals surface area contributed by atoms with Crippen LogP contribution in [-0.4, -0.2) is 29.1 Å². The van der Waals surface area contributed by atoms with E-state index in [1.54, 1.807) is 6.33 Å². The summed E-state index contributed by atoms with van der Waals surface area (Å²) in [4.78, 5) is 11.1. The van der Waals surface area contributed by atoms with E-state index < -0.39 is 0 Å². The molecule has 1 atom stereocenters. The van der Waals surface area contributed by atoms with E-state index in [-0.39, 0.29) is 0 Å². The quantitative estimate of drug-likeness (QED) is 0.761. The van der Waals surface area contributed by atoms with Gasteiger partial charge in [0.25, 0.3) is 0 Å². The summed E-state index contributed by atoms with van der Waals surface area (Å²) < 4.78 is 0. The van der Waals surface area contributed by atoms with Crippen molar-refractivity contribution in [2.45, 2.75) is 51.1 Å². The van der Waals surface area contributed by atoms with Crippen LogP contribution in [0.5, 0.6) is 0 Å². The van der Waals surface area contributed by atoms with Crippen molar-refractivity contribution in [1.29, 1.82) is 0 Å². The van der Waals surface area contributed by atoms with Crippen LogP contribution in [0.4, 0.5) is 5.82 Å². The molecule has 2 aliphatic heterocycles. The van der Waals surface area contributed by atoms with Gasteiger partial charge in [-0.3, -0.25) is 0 Å². The highest BCUT2D eigenvalue weighted by Gasteiger charge is 2.22. The molecule has 3 rings (SSSR count). The molecule has 0 aromatic carbocycles. The summed E-state index contributed by atoms with van der Waals surface area (Å²) in [5, 5.41) is 3.66. The lowest BCUT2D eigenvalue weighted by Crippen LogP contribution is -2.39. The molecule has 1 saturated heterocycles. The lowest BCUT2D eigenvalue weighted by Gasteiger charge is -2.27. The molecule has 1 aromatic rings. The van der Waals surface area contributed by atoms with Crippen LogP contribution < -0.4 is 10.2 Å². The number of nitrogens with one attached hydrogen (secondary N) is 1. The van der Waals surface area contributed by atoms with Crippen LogP contribution in [0, 0.1) is 0 Å². The Morgan fingerprint density at radius 2 is 2.06 bits per heavy atom. The molecule has 98 valence electrons. The van der Waals surface area contributed by atoms with E-state index in [4.69, 9.17) is 0 Å². The maximum atomic E-state index is 4.50. The van der Waals surface area contributed by atoms with Gasteiger partial charge in [0.15, 0.2) is 0 Å². The molecule has 4 nitrogen and oxygen atoms in total. The van der Waals surface area contributed by atoms with Crippen LogP contribution >= 0.6 is 0 Å². The molecule has 4 heteroatoms. The summed E-state index contributed by atoms with van der Waals surface area (Å²) in [6.07, 6.45) is 11.7. The number of nitrogens with zero attached hydrogens (tertiary/aromatic N) is 3. The number of anilines is 1. The van der Waals surface area contributed by atoms with Crippen molar-refractivity contribution in [3.63, 3.8) is 0 Å². The average molecular weight is 246 g/mol. The van der Waals surface area contributed by atoms with Crippen LogP contribution in [-0.2, 0) is 6.54 Å². The molecule has 0 amide bonds. The second kappa shape index (κ2) is 5.65. The zero-order chi connectivity index (χ0) is 12.2. The second-order valence-electron chi connectivity index (χ2n) is 5.45. The minimum absolute atomic E-state index is 0.609. The summed E-state index contributed by atoms with van der Waals surface area (Å²) in [5.74, 6) is 1.15. The van der Waals surface area contributed by atoms with Crippen molar-refractivity contribution in [3.05, 3.63) is 18.1 Å². The van der Waals surface area contributed by atoms with Crippen molar-refractivity contribution in [3.8, 4) is 0 Å². The van der Waals surface area contributed by atoms with Gasteiger partial charge >= 0.3 is 0 Å². The fourth-order valence-electron chi connectivity index (χ4n) is 3.05. The summed E-state index contributed by atoms with van der Waals surface area (Å²) >= 11 is 0. The molecular formula is C14H22N4. The first-order valence-electron chi connectivity index (χ1n) is 7.21. The first-order chi connectivity index (χ1) is 8.93. The van der Waals surface area contributed by atoms with Crippen LogP contribution in [0.1, 0.15) is 44.1 Å². The van der Waals surface area contributed by atoms with Gasteiger partial charge in [-0.05, 0) is 12.8 Å². The minimum atomic E-state index is 0.609. The largest absolute Gasteiger partial charge is 0.355 e. The third-order valence-corrected chi connectivity index (χ3v) is 4.07. The smallest absolute Gasteiger partial charge is 0.136 e. The molecule has 0 saturated carbocycles. The predicted molar refractivity (Wildman–Crippen MR) is 72.6 cm³/mol. The summed E-state index contributed by atoms with van der Waals surface area (Å²) in [5.41, 5.74) is 1.25. The SMILES string of the molecule is c1ncc2c(n1)N1CCCCCCCC(C1)NC2. The third kappa shape index (κ3) is 2.64. The van der Waals surface area contributed by atoms with Crippen molar-refractivity contribution < 1.29 is 0 Å². The van der Waals surface area contributed by atoms with Gasteiger partial charge in [-0.25, -0.2) is 9.97 Å². The molecule has 18 heavy (non-hydrogen) atoms.